The Bertz CT molecular complexity index is 1200. The third-order valence-corrected chi connectivity index (χ3v) is 4.47. The molecule has 0 saturated heterocycles. The van der Waals surface area contributed by atoms with Crippen molar-refractivity contribution in [3.05, 3.63) is 63.7 Å². The number of hydrogen-bond acceptors (Lipinski definition) is 5. The van der Waals surface area contributed by atoms with E-state index in [-0.39, 0.29) is 17.9 Å². The highest BCUT2D eigenvalue weighted by atomic mass is 35.5. The number of ether oxygens (including phenoxy) is 2. The summed E-state index contributed by atoms with van der Waals surface area (Å²) in [6, 6.07) is 11.0. The minimum atomic E-state index is -0.241. The molecule has 0 amide bonds. The number of para-hydroxylation sites is 1. The molecule has 0 spiro atoms. The Labute approximate surface area is 146 Å². The van der Waals surface area contributed by atoms with Gasteiger partial charge in [0.05, 0.1) is 17.9 Å². The van der Waals surface area contributed by atoms with Gasteiger partial charge < -0.3 is 13.9 Å². The van der Waals surface area contributed by atoms with Gasteiger partial charge in [-0.1, -0.05) is 23.7 Å². The van der Waals surface area contributed by atoms with Gasteiger partial charge in [-0.3, -0.25) is 9.36 Å². The van der Waals surface area contributed by atoms with Crippen LogP contribution < -0.4 is 15.0 Å². The first-order chi connectivity index (χ1) is 12.2. The number of nitrogens with zero attached hydrogens (tertiary/aromatic N) is 2. The van der Waals surface area contributed by atoms with Gasteiger partial charge >= 0.3 is 0 Å². The molecule has 0 aliphatic carbocycles. The van der Waals surface area contributed by atoms with Crippen molar-refractivity contribution in [1.29, 1.82) is 0 Å². The van der Waals surface area contributed by atoms with E-state index < -0.39 is 0 Å². The molecular weight excluding hydrogens is 344 g/mol. The van der Waals surface area contributed by atoms with Gasteiger partial charge in [0, 0.05) is 5.39 Å². The molecule has 2 aromatic heterocycles. The summed E-state index contributed by atoms with van der Waals surface area (Å²) in [4.78, 5) is 17.2. The summed E-state index contributed by atoms with van der Waals surface area (Å²) in [6.45, 7) is 0.445. The van der Waals surface area contributed by atoms with Crippen molar-refractivity contribution in [2.24, 2.45) is 0 Å². The fraction of sp³-hybridized carbons (Fsp3) is 0.111. The highest BCUT2D eigenvalue weighted by Gasteiger charge is 2.19. The third-order valence-electron chi connectivity index (χ3n) is 4.19. The minimum Gasteiger partial charge on any atom is -0.454 e. The Balaban J connectivity index is 1.62. The van der Waals surface area contributed by atoms with Crippen LogP contribution in [0.3, 0.4) is 0 Å². The molecule has 124 valence electrons. The molecule has 6 nitrogen and oxygen atoms in total. The molecule has 3 heterocycles. The quantitative estimate of drug-likeness (QED) is 0.550. The standard InChI is InChI=1S/C18H11ClN2O4/c19-12-5-10(6-14-16(12)24-9-23-14)7-21-8-20-15-11-3-1-2-4-13(11)25-17(15)18(21)22/h1-6,8H,7,9H2. The maximum Gasteiger partial charge on any atom is 0.297 e. The van der Waals surface area contributed by atoms with Gasteiger partial charge in [0.15, 0.2) is 11.5 Å². The Morgan fingerprint density at radius 1 is 1.20 bits per heavy atom. The molecule has 0 bridgehead atoms. The molecule has 25 heavy (non-hydrogen) atoms. The van der Waals surface area contributed by atoms with Crippen LogP contribution in [0.4, 0.5) is 0 Å². The average molecular weight is 355 g/mol. The topological polar surface area (TPSA) is 66.5 Å². The van der Waals surface area contributed by atoms with Gasteiger partial charge in [0.2, 0.25) is 12.4 Å². The summed E-state index contributed by atoms with van der Waals surface area (Å²) < 4.78 is 17.8. The number of benzene rings is 2. The van der Waals surface area contributed by atoms with Crippen LogP contribution in [0.1, 0.15) is 5.56 Å². The number of hydrogen-bond donors (Lipinski definition) is 0. The Morgan fingerprint density at radius 2 is 2.08 bits per heavy atom. The molecule has 0 saturated carbocycles. The molecule has 1 aliphatic heterocycles. The average Bonchev–Trinajstić information content (AvgIpc) is 3.22. The number of fused-ring (bicyclic) bond motifs is 4. The minimum absolute atomic E-state index is 0.144. The van der Waals surface area contributed by atoms with Gasteiger partial charge in [-0.2, -0.15) is 0 Å². The molecule has 0 radical (unpaired) electrons. The summed E-state index contributed by atoms with van der Waals surface area (Å²) in [6.07, 6.45) is 1.52. The maximum absolute atomic E-state index is 12.8. The molecule has 0 N–H and O–H groups in total. The van der Waals surface area contributed by atoms with Crippen LogP contribution in [0.2, 0.25) is 5.02 Å². The van der Waals surface area contributed by atoms with E-state index in [1.54, 1.807) is 6.07 Å². The monoisotopic (exact) mass is 354 g/mol. The number of rotatable bonds is 2. The van der Waals surface area contributed by atoms with E-state index in [1.165, 1.54) is 10.9 Å². The molecule has 1 aliphatic rings. The van der Waals surface area contributed by atoms with Crippen molar-refractivity contribution in [3.8, 4) is 11.5 Å². The molecule has 7 heteroatoms. The van der Waals surface area contributed by atoms with E-state index in [0.717, 1.165) is 10.9 Å². The normalized spacial score (nSPS) is 13.0. The molecule has 2 aromatic carbocycles. The van der Waals surface area contributed by atoms with Crippen LogP contribution in [0.5, 0.6) is 11.5 Å². The lowest BCUT2D eigenvalue weighted by Crippen LogP contribution is -2.20. The van der Waals surface area contributed by atoms with Crippen LogP contribution in [-0.2, 0) is 6.54 Å². The highest BCUT2D eigenvalue weighted by molar-refractivity contribution is 6.32. The van der Waals surface area contributed by atoms with E-state index >= 15 is 0 Å². The lowest BCUT2D eigenvalue weighted by Gasteiger charge is -2.07. The van der Waals surface area contributed by atoms with E-state index in [1.807, 2.05) is 30.3 Å². The smallest absolute Gasteiger partial charge is 0.297 e. The highest BCUT2D eigenvalue weighted by Crippen LogP contribution is 2.39. The van der Waals surface area contributed by atoms with Gasteiger partial charge in [-0.15, -0.1) is 0 Å². The van der Waals surface area contributed by atoms with Gasteiger partial charge in [-0.05, 0) is 29.8 Å². The summed E-state index contributed by atoms with van der Waals surface area (Å²) in [7, 11) is 0. The zero-order chi connectivity index (χ0) is 17.0. The summed E-state index contributed by atoms with van der Waals surface area (Å²) in [5, 5.41) is 1.28. The van der Waals surface area contributed by atoms with Crippen molar-refractivity contribution in [2.45, 2.75) is 6.54 Å². The van der Waals surface area contributed by atoms with Gasteiger partial charge in [-0.25, -0.2) is 4.98 Å². The predicted octanol–water partition coefficient (Wildman–Crippen LogP) is 3.57. The maximum atomic E-state index is 12.8. The number of aromatic nitrogens is 2. The van der Waals surface area contributed by atoms with Crippen LogP contribution in [0.25, 0.3) is 22.1 Å². The fourth-order valence-corrected chi connectivity index (χ4v) is 3.32. The van der Waals surface area contributed by atoms with E-state index in [4.69, 9.17) is 25.5 Å². The Morgan fingerprint density at radius 3 is 3.00 bits per heavy atom. The Kier molecular flexibility index (Phi) is 3.02. The molecule has 0 atom stereocenters. The van der Waals surface area contributed by atoms with E-state index in [0.29, 0.717) is 34.2 Å². The first-order valence-electron chi connectivity index (χ1n) is 7.65. The van der Waals surface area contributed by atoms with Crippen molar-refractivity contribution in [3.63, 3.8) is 0 Å². The van der Waals surface area contributed by atoms with Crippen LogP contribution >= 0.6 is 11.6 Å². The van der Waals surface area contributed by atoms with Gasteiger partial charge in [0.25, 0.3) is 5.56 Å². The first kappa shape index (κ1) is 14.4. The van der Waals surface area contributed by atoms with E-state index in [9.17, 15) is 4.79 Å². The summed E-state index contributed by atoms with van der Waals surface area (Å²) in [5.74, 6) is 1.11. The second-order valence-corrected chi connectivity index (χ2v) is 6.17. The SMILES string of the molecule is O=c1c2oc3ccccc3c2ncn1Cc1cc(Cl)c2c(c1)OCO2. The third kappa shape index (κ3) is 2.18. The van der Waals surface area contributed by atoms with Crippen LogP contribution in [-0.4, -0.2) is 16.3 Å². The number of furan rings is 1. The lowest BCUT2D eigenvalue weighted by molar-refractivity contribution is 0.174. The van der Waals surface area contributed by atoms with Crippen molar-refractivity contribution < 1.29 is 13.9 Å². The summed E-state index contributed by atoms with van der Waals surface area (Å²) in [5.41, 5.74) is 2.03. The zero-order valence-corrected chi connectivity index (χ0v) is 13.6. The summed E-state index contributed by atoms with van der Waals surface area (Å²) >= 11 is 6.20. The molecule has 5 rings (SSSR count). The van der Waals surface area contributed by atoms with Crippen LogP contribution in [0, 0.1) is 0 Å². The van der Waals surface area contributed by atoms with Crippen LogP contribution in [0.15, 0.2) is 51.9 Å². The van der Waals surface area contributed by atoms with Gasteiger partial charge in [0.1, 0.15) is 11.1 Å². The predicted molar refractivity (Wildman–Crippen MR) is 92.5 cm³/mol. The molecule has 4 aromatic rings. The Hall–Kier alpha value is -2.99. The largest absolute Gasteiger partial charge is 0.454 e. The molecular formula is C18H11ClN2O4. The zero-order valence-electron chi connectivity index (χ0n) is 12.9. The van der Waals surface area contributed by atoms with Crippen molar-refractivity contribution in [2.75, 3.05) is 6.79 Å². The second-order valence-electron chi connectivity index (χ2n) is 5.77. The number of halogens is 1. The first-order valence-corrected chi connectivity index (χ1v) is 8.03. The molecule has 0 unspecified atom stereocenters. The lowest BCUT2D eigenvalue weighted by atomic mass is 10.2. The second kappa shape index (κ2) is 5.26. The van der Waals surface area contributed by atoms with Crippen molar-refractivity contribution >= 4 is 33.7 Å². The van der Waals surface area contributed by atoms with Crippen molar-refractivity contribution in [1.82, 2.24) is 9.55 Å². The fourth-order valence-electron chi connectivity index (χ4n) is 3.04. The van der Waals surface area contributed by atoms with E-state index in [2.05, 4.69) is 4.98 Å². The molecule has 0 fully saturated rings.